The number of aromatic nitrogens is 2. The first-order valence-electron chi connectivity index (χ1n) is 17.2. The van der Waals surface area contributed by atoms with E-state index in [1.54, 1.807) is 32.6 Å². The molecule has 3 rings (SSSR count). The van der Waals surface area contributed by atoms with Crippen LogP contribution in [0.4, 0.5) is 0 Å². The molecule has 13 nitrogen and oxygen atoms in total. The van der Waals surface area contributed by atoms with Gasteiger partial charge in [-0.05, 0) is 55.3 Å². The van der Waals surface area contributed by atoms with Crippen molar-refractivity contribution in [3.05, 3.63) is 24.3 Å². The molecule has 2 heterocycles. The minimum Gasteiger partial charge on any atom is -0.347 e. The van der Waals surface area contributed by atoms with E-state index in [4.69, 9.17) is 0 Å². The summed E-state index contributed by atoms with van der Waals surface area (Å²) in [5.74, 6) is -3.45. The molecular formula is C35H55N7O6. The van der Waals surface area contributed by atoms with Gasteiger partial charge in [-0.15, -0.1) is 0 Å². The van der Waals surface area contributed by atoms with Gasteiger partial charge in [0.05, 0.1) is 12.2 Å². The van der Waals surface area contributed by atoms with Crippen molar-refractivity contribution in [3.63, 3.8) is 0 Å². The molecule has 0 bridgehead atoms. The fraction of sp³-hybridized carbons (Fsp3) is 0.714. The molecule has 1 saturated carbocycles. The Morgan fingerprint density at radius 1 is 0.896 bits per heavy atom. The zero-order valence-corrected chi connectivity index (χ0v) is 30.0. The van der Waals surface area contributed by atoms with Crippen molar-refractivity contribution in [1.82, 2.24) is 36.1 Å². The number of hydrogen-bond donors (Lipinski definition) is 4. The maximum absolute atomic E-state index is 14.5. The largest absolute Gasteiger partial charge is 0.347 e. The molecule has 0 aromatic carbocycles. The minimum atomic E-state index is -1.04. The van der Waals surface area contributed by atoms with Crippen molar-refractivity contribution in [1.29, 1.82) is 0 Å². The maximum atomic E-state index is 14.5. The van der Waals surface area contributed by atoms with Gasteiger partial charge < -0.3 is 26.2 Å². The first kappa shape index (κ1) is 38.5. The quantitative estimate of drug-likeness (QED) is 0.231. The Morgan fingerprint density at radius 2 is 1.56 bits per heavy atom. The van der Waals surface area contributed by atoms with E-state index >= 15 is 0 Å². The van der Waals surface area contributed by atoms with Gasteiger partial charge in [0.2, 0.25) is 23.5 Å². The second-order valence-electron chi connectivity index (χ2n) is 15.5. The van der Waals surface area contributed by atoms with Gasteiger partial charge in [-0.2, -0.15) is 0 Å². The lowest BCUT2D eigenvalue weighted by Crippen LogP contribution is -2.63. The Kier molecular flexibility index (Phi) is 12.8. The number of amides is 5. The molecule has 1 aliphatic carbocycles. The third kappa shape index (κ3) is 9.37. The predicted octanol–water partition coefficient (Wildman–Crippen LogP) is 2.55. The van der Waals surface area contributed by atoms with Crippen molar-refractivity contribution >= 4 is 35.3 Å². The summed E-state index contributed by atoms with van der Waals surface area (Å²) < 4.78 is 0. The number of carbonyl (C=O) groups excluding carboxylic acids is 6. The van der Waals surface area contributed by atoms with Crippen molar-refractivity contribution < 1.29 is 28.8 Å². The highest BCUT2D eigenvalue weighted by atomic mass is 16.2. The lowest BCUT2D eigenvalue weighted by molar-refractivity contribution is -0.146. The van der Waals surface area contributed by atoms with Gasteiger partial charge in [0.1, 0.15) is 23.8 Å². The number of rotatable bonds is 13. The third-order valence-electron chi connectivity index (χ3n) is 9.47. The molecule has 7 atom stereocenters. The highest BCUT2D eigenvalue weighted by Crippen LogP contribution is 2.43. The predicted molar refractivity (Wildman–Crippen MR) is 180 cm³/mol. The molecule has 5 amide bonds. The smallest absolute Gasteiger partial charge is 0.289 e. The molecule has 2 fully saturated rings. The summed E-state index contributed by atoms with van der Waals surface area (Å²) in [6.45, 7) is 16.8. The number of hydrogen-bond acceptors (Lipinski definition) is 8. The summed E-state index contributed by atoms with van der Waals surface area (Å²) in [5.41, 5.74) is -1.45. The van der Waals surface area contributed by atoms with Crippen LogP contribution in [0.5, 0.6) is 0 Å². The van der Waals surface area contributed by atoms with Crippen LogP contribution in [-0.4, -0.2) is 86.9 Å². The van der Waals surface area contributed by atoms with Gasteiger partial charge in [-0.1, -0.05) is 68.2 Å². The number of fused-ring (bicyclic) bond motifs is 1. The van der Waals surface area contributed by atoms with E-state index in [1.165, 1.54) is 18.6 Å². The highest BCUT2D eigenvalue weighted by molar-refractivity contribution is 6.38. The van der Waals surface area contributed by atoms with Gasteiger partial charge in [0, 0.05) is 25.0 Å². The second kappa shape index (κ2) is 16.0. The van der Waals surface area contributed by atoms with Crippen LogP contribution in [0.25, 0.3) is 0 Å². The van der Waals surface area contributed by atoms with Crippen LogP contribution >= 0.6 is 0 Å². The Labute approximate surface area is 284 Å². The first-order valence-corrected chi connectivity index (χ1v) is 17.2. The monoisotopic (exact) mass is 669 g/mol. The average molecular weight is 670 g/mol. The van der Waals surface area contributed by atoms with Crippen LogP contribution in [0.3, 0.4) is 0 Å². The number of carbonyl (C=O) groups is 6. The minimum absolute atomic E-state index is 0.0534. The molecule has 266 valence electrons. The van der Waals surface area contributed by atoms with E-state index in [-0.39, 0.29) is 30.0 Å². The maximum Gasteiger partial charge on any atom is 0.289 e. The first-order chi connectivity index (χ1) is 22.4. The summed E-state index contributed by atoms with van der Waals surface area (Å²) in [7, 11) is 0. The molecule has 1 aromatic heterocycles. The highest BCUT2D eigenvalue weighted by Gasteiger charge is 2.52. The summed E-state index contributed by atoms with van der Waals surface area (Å²) in [6.07, 6.45) is 8.17. The zero-order chi connectivity index (χ0) is 36.0. The fourth-order valence-corrected chi connectivity index (χ4v) is 6.57. The van der Waals surface area contributed by atoms with E-state index in [2.05, 4.69) is 31.2 Å². The lowest BCUT2D eigenvalue weighted by atomic mass is 9.82. The lowest BCUT2D eigenvalue weighted by Gasteiger charge is -2.38. The number of ketones is 1. The molecule has 2 aliphatic rings. The molecule has 48 heavy (non-hydrogen) atoms. The van der Waals surface area contributed by atoms with Crippen molar-refractivity contribution in [2.24, 2.45) is 22.7 Å². The molecule has 13 heteroatoms. The standard InChI is InChI=1S/C35H55N7O6/c1-10-13-23(26(43)31(46)38-20(3)11-2)39-30(45)25-22-15-12-14-21(22)19-42(25)33(48)28(35(7,8)9)41-32(47)27(34(4,5)6)40-29(44)24-18-36-16-17-37-24/h16-18,20-23,25,27-28H,10-15,19H2,1-9H3,(H,38,46)(H,39,45)(H,40,44)(H,41,47)/t20-,21-,22-,23-,25-,27+,28+/m0/s1. The number of nitrogens with one attached hydrogen (secondary N) is 4. The van der Waals surface area contributed by atoms with Crippen LogP contribution in [0.15, 0.2) is 18.6 Å². The number of Topliss-reactive ketones (excluding diaryl/α,β-unsaturated/α-hetero) is 1. The van der Waals surface area contributed by atoms with Gasteiger partial charge in [0.15, 0.2) is 0 Å². The SMILES string of the molecule is CCC[C@H](NC(=O)[C@@H]1[C@H]2CCC[C@H]2CN1C(=O)[C@@H](NC(=O)[C@@H](NC(=O)c1cnccn1)C(C)(C)C)C(C)(C)C)C(=O)C(=O)N[C@@H](C)CC. The molecule has 1 aromatic rings. The molecule has 0 radical (unpaired) electrons. The normalized spacial score (nSPS) is 21.7. The Morgan fingerprint density at radius 3 is 2.12 bits per heavy atom. The van der Waals surface area contributed by atoms with Crippen LogP contribution < -0.4 is 21.3 Å². The van der Waals surface area contributed by atoms with Crippen molar-refractivity contribution in [2.45, 2.75) is 131 Å². The van der Waals surface area contributed by atoms with E-state index in [9.17, 15) is 28.8 Å². The summed E-state index contributed by atoms with van der Waals surface area (Å²) in [5, 5.41) is 11.2. The molecule has 0 unspecified atom stereocenters. The van der Waals surface area contributed by atoms with Crippen molar-refractivity contribution in [3.8, 4) is 0 Å². The molecular weight excluding hydrogens is 614 g/mol. The molecule has 1 saturated heterocycles. The van der Waals surface area contributed by atoms with Crippen LogP contribution in [-0.2, 0) is 24.0 Å². The van der Waals surface area contributed by atoms with E-state index < -0.39 is 70.3 Å². The van der Waals surface area contributed by atoms with Gasteiger partial charge in [0.25, 0.3) is 11.8 Å². The second-order valence-corrected chi connectivity index (χ2v) is 15.5. The molecule has 1 aliphatic heterocycles. The summed E-state index contributed by atoms with van der Waals surface area (Å²) in [6, 6.07) is -4.13. The van der Waals surface area contributed by atoms with Crippen LogP contribution in [0.1, 0.15) is 111 Å². The Balaban J connectivity index is 1.87. The zero-order valence-electron chi connectivity index (χ0n) is 30.0. The third-order valence-corrected chi connectivity index (χ3v) is 9.47. The number of likely N-dealkylation sites (tertiary alicyclic amines) is 1. The average Bonchev–Trinajstić information content (AvgIpc) is 3.62. The Bertz CT molecular complexity index is 1340. The molecule has 4 N–H and O–H groups in total. The van der Waals surface area contributed by atoms with Gasteiger partial charge >= 0.3 is 0 Å². The fourth-order valence-electron chi connectivity index (χ4n) is 6.57. The van der Waals surface area contributed by atoms with E-state index in [1.807, 2.05) is 34.6 Å². The van der Waals surface area contributed by atoms with Gasteiger partial charge in [-0.3, -0.25) is 33.8 Å². The van der Waals surface area contributed by atoms with Crippen molar-refractivity contribution in [2.75, 3.05) is 6.54 Å². The van der Waals surface area contributed by atoms with Crippen LogP contribution in [0.2, 0.25) is 0 Å². The van der Waals surface area contributed by atoms with Crippen LogP contribution in [0, 0.1) is 22.7 Å². The van der Waals surface area contributed by atoms with Gasteiger partial charge in [-0.25, -0.2) is 4.98 Å². The van der Waals surface area contributed by atoms with E-state index in [0.717, 1.165) is 19.3 Å². The van der Waals surface area contributed by atoms with E-state index in [0.29, 0.717) is 19.4 Å². The number of nitrogens with zero attached hydrogens (tertiary/aromatic N) is 3. The Hall–Kier alpha value is -3.90. The molecule has 0 spiro atoms. The summed E-state index contributed by atoms with van der Waals surface area (Å²) in [4.78, 5) is 90.8. The summed E-state index contributed by atoms with van der Waals surface area (Å²) >= 11 is 0. The topological polar surface area (TPSA) is 180 Å².